The highest BCUT2D eigenvalue weighted by molar-refractivity contribution is 5.95. The van der Waals surface area contributed by atoms with E-state index < -0.39 is 5.97 Å². The lowest BCUT2D eigenvalue weighted by Gasteiger charge is -2.12. The number of fused-ring (bicyclic) bond motifs is 1. The molecule has 0 unspecified atom stereocenters. The van der Waals surface area contributed by atoms with Crippen LogP contribution in [0.2, 0.25) is 0 Å². The maximum atomic E-state index is 11.4. The van der Waals surface area contributed by atoms with E-state index in [2.05, 4.69) is 4.98 Å². The number of carboxylic acid groups (broad SMARTS) is 1. The van der Waals surface area contributed by atoms with E-state index >= 15 is 0 Å². The predicted molar refractivity (Wildman–Crippen MR) is 92.9 cm³/mol. The first-order chi connectivity index (χ1) is 11.5. The molecule has 0 aliphatic carbocycles. The van der Waals surface area contributed by atoms with Gasteiger partial charge in [0.1, 0.15) is 0 Å². The highest BCUT2D eigenvalue weighted by Gasteiger charge is 2.20. The Morgan fingerprint density at radius 2 is 1.96 bits per heavy atom. The minimum atomic E-state index is -0.875. The first-order valence-corrected chi connectivity index (χ1v) is 7.59. The average Bonchev–Trinajstić information content (AvgIpc) is 2.91. The van der Waals surface area contributed by atoms with Gasteiger partial charge in [0.2, 0.25) is 0 Å². The van der Waals surface area contributed by atoms with Crippen LogP contribution in [-0.2, 0) is 11.2 Å². The number of para-hydroxylation sites is 1. The van der Waals surface area contributed by atoms with Crippen molar-refractivity contribution in [2.75, 3.05) is 14.2 Å². The van der Waals surface area contributed by atoms with Crippen molar-refractivity contribution in [2.24, 2.45) is 0 Å². The molecule has 0 saturated heterocycles. The Morgan fingerprint density at radius 3 is 2.62 bits per heavy atom. The number of aryl methyl sites for hydroxylation is 1. The molecular formula is C19H19NO4. The Kier molecular flexibility index (Phi) is 4.16. The zero-order chi connectivity index (χ0) is 17.3. The molecule has 1 aromatic heterocycles. The molecule has 2 aromatic carbocycles. The monoisotopic (exact) mass is 325 g/mol. The maximum absolute atomic E-state index is 11.4. The first kappa shape index (κ1) is 15.9. The quantitative estimate of drug-likeness (QED) is 0.749. The van der Waals surface area contributed by atoms with Crippen molar-refractivity contribution >= 4 is 16.9 Å². The molecule has 5 heteroatoms. The van der Waals surface area contributed by atoms with E-state index in [1.165, 1.54) is 0 Å². The molecule has 5 nitrogen and oxygen atoms in total. The number of carboxylic acids is 1. The zero-order valence-electron chi connectivity index (χ0n) is 13.8. The number of hydrogen-bond donors (Lipinski definition) is 2. The summed E-state index contributed by atoms with van der Waals surface area (Å²) < 4.78 is 10.9. The van der Waals surface area contributed by atoms with Crippen molar-refractivity contribution in [2.45, 2.75) is 13.3 Å². The van der Waals surface area contributed by atoms with Gasteiger partial charge in [-0.15, -0.1) is 0 Å². The number of hydrogen-bond acceptors (Lipinski definition) is 3. The second-order valence-corrected chi connectivity index (χ2v) is 5.64. The highest BCUT2D eigenvalue weighted by atomic mass is 16.5. The largest absolute Gasteiger partial charge is 0.493 e. The van der Waals surface area contributed by atoms with E-state index in [9.17, 15) is 9.90 Å². The Labute approximate surface area is 139 Å². The van der Waals surface area contributed by atoms with E-state index in [1.807, 2.05) is 43.3 Å². The van der Waals surface area contributed by atoms with E-state index in [0.717, 1.165) is 33.3 Å². The Bertz CT molecular complexity index is 911. The SMILES string of the molecule is COc1cccc(-c2[nH]c3ccc(C)cc3c2CC(=O)O)c1OC. The molecule has 0 aliphatic heterocycles. The summed E-state index contributed by atoms with van der Waals surface area (Å²) >= 11 is 0. The minimum Gasteiger partial charge on any atom is -0.493 e. The third kappa shape index (κ3) is 2.69. The molecule has 0 saturated carbocycles. The third-order valence-corrected chi connectivity index (χ3v) is 4.06. The van der Waals surface area contributed by atoms with E-state index in [4.69, 9.17) is 9.47 Å². The molecule has 3 rings (SSSR count). The number of aromatic amines is 1. The van der Waals surface area contributed by atoms with Crippen molar-refractivity contribution in [1.82, 2.24) is 4.98 Å². The van der Waals surface area contributed by atoms with Gasteiger partial charge in [-0.1, -0.05) is 17.7 Å². The summed E-state index contributed by atoms with van der Waals surface area (Å²) in [6, 6.07) is 11.5. The van der Waals surface area contributed by atoms with Crippen LogP contribution in [0.25, 0.3) is 22.2 Å². The molecule has 0 atom stereocenters. The Morgan fingerprint density at radius 1 is 1.17 bits per heavy atom. The predicted octanol–water partition coefficient (Wildman–Crippen LogP) is 3.79. The number of H-pyrrole nitrogens is 1. The summed E-state index contributed by atoms with van der Waals surface area (Å²) in [6.45, 7) is 1.99. The fourth-order valence-corrected chi connectivity index (χ4v) is 3.01. The first-order valence-electron chi connectivity index (χ1n) is 7.59. The van der Waals surface area contributed by atoms with Gasteiger partial charge >= 0.3 is 5.97 Å². The third-order valence-electron chi connectivity index (χ3n) is 4.06. The van der Waals surface area contributed by atoms with E-state index in [-0.39, 0.29) is 6.42 Å². The number of aliphatic carboxylic acids is 1. The van der Waals surface area contributed by atoms with Crippen LogP contribution in [0.5, 0.6) is 11.5 Å². The molecule has 0 bridgehead atoms. The molecule has 0 fully saturated rings. The van der Waals surface area contributed by atoms with Crippen molar-refractivity contribution < 1.29 is 19.4 Å². The van der Waals surface area contributed by atoms with Gasteiger partial charge in [-0.3, -0.25) is 4.79 Å². The van der Waals surface area contributed by atoms with Gasteiger partial charge in [-0.2, -0.15) is 0 Å². The lowest BCUT2D eigenvalue weighted by Crippen LogP contribution is -2.02. The molecular weight excluding hydrogens is 306 g/mol. The highest BCUT2D eigenvalue weighted by Crippen LogP contribution is 2.41. The van der Waals surface area contributed by atoms with Crippen LogP contribution >= 0.6 is 0 Å². The average molecular weight is 325 g/mol. The molecule has 2 N–H and O–H groups in total. The fraction of sp³-hybridized carbons (Fsp3) is 0.211. The summed E-state index contributed by atoms with van der Waals surface area (Å²) in [4.78, 5) is 14.7. The fourth-order valence-electron chi connectivity index (χ4n) is 3.01. The topological polar surface area (TPSA) is 71.6 Å². The molecule has 0 spiro atoms. The molecule has 1 heterocycles. The van der Waals surface area contributed by atoms with Crippen LogP contribution < -0.4 is 9.47 Å². The van der Waals surface area contributed by atoms with Gasteiger partial charge in [-0.05, 0) is 36.8 Å². The van der Waals surface area contributed by atoms with Gasteiger partial charge < -0.3 is 19.6 Å². The van der Waals surface area contributed by atoms with Crippen molar-refractivity contribution in [3.05, 3.63) is 47.5 Å². The summed E-state index contributed by atoms with van der Waals surface area (Å²) in [6.07, 6.45) is -0.0703. The van der Waals surface area contributed by atoms with Crippen LogP contribution in [-0.4, -0.2) is 30.3 Å². The summed E-state index contributed by atoms with van der Waals surface area (Å²) in [7, 11) is 3.15. The molecule has 3 aromatic rings. The second-order valence-electron chi connectivity index (χ2n) is 5.64. The number of carbonyl (C=O) groups is 1. The van der Waals surface area contributed by atoms with Gasteiger partial charge in [0.15, 0.2) is 11.5 Å². The summed E-state index contributed by atoms with van der Waals surface area (Å²) in [5.74, 6) is 0.307. The molecule has 24 heavy (non-hydrogen) atoms. The van der Waals surface area contributed by atoms with Crippen molar-refractivity contribution in [3.63, 3.8) is 0 Å². The van der Waals surface area contributed by atoms with Crippen LogP contribution in [0, 0.1) is 6.92 Å². The van der Waals surface area contributed by atoms with E-state index in [1.54, 1.807) is 14.2 Å². The number of nitrogens with one attached hydrogen (secondary N) is 1. The van der Waals surface area contributed by atoms with Crippen LogP contribution in [0.3, 0.4) is 0 Å². The number of benzene rings is 2. The van der Waals surface area contributed by atoms with Crippen molar-refractivity contribution in [1.29, 1.82) is 0 Å². The van der Waals surface area contributed by atoms with Gasteiger partial charge in [0, 0.05) is 16.5 Å². The second kappa shape index (κ2) is 6.28. The lowest BCUT2D eigenvalue weighted by molar-refractivity contribution is -0.136. The number of methoxy groups -OCH3 is 2. The molecule has 0 amide bonds. The molecule has 0 aliphatic rings. The normalized spacial score (nSPS) is 10.8. The number of rotatable bonds is 5. The molecule has 0 radical (unpaired) electrons. The van der Waals surface area contributed by atoms with E-state index in [0.29, 0.717) is 11.5 Å². The van der Waals surface area contributed by atoms with Crippen LogP contribution in [0.4, 0.5) is 0 Å². The van der Waals surface area contributed by atoms with Gasteiger partial charge in [0.05, 0.1) is 26.3 Å². The Hall–Kier alpha value is -2.95. The summed E-state index contributed by atoms with van der Waals surface area (Å²) in [5.41, 5.74) is 4.25. The smallest absolute Gasteiger partial charge is 0.307 e. The van der Waals surface area contributed by atoms with Gasteiger partial charge in [-0.25, -0.2) is 0 Å². The molecule has 124 valence electrons. The summed E-state index contributed by atoms with van der Waals surface area (Å²) in [5, 5.41) is 10.3. The van der Waals surface area contributed by atoms with Crippen LogP contribution in [0.15, 0.2) is 36.4 Å². The Balaban J connectivity index is 2.32. The lowest BCUT2D eigenvalue weighted by atomic mass is 10.0. The van der Waals surface area contributed by atoms with Crippen LogP contribution in [0.1, 0.15) is 11.1 Å². The maximum Gasteiger partial charge on any atom is 0.307 e. The van der Waals surface area contributed by atoms with Gasteiger partial charge in [0.25, 0.3) is 0 Å². The standard InChI is InChI=1S/C19H19NO4/c1-11-7-8-15-13(9-11)14(10-17(21)22)18(20-15)12-5-4-6-16(23-2)19(12)24-3/h4-9,20H,10H2,1-3H3,(H,21,22). The van der Waals surface area contributed by atoms with Crippen molar-refractivity contribution in [3.8, 4) is 22.8 Å². The number of aromatic nitrogens is 1. The minimum absolute atomic E-state index is 0.0703. The number of ether oxygens (including phenoxy) is 2. The zero-order valence-corrected chi connectivity index (χ0v) is 13.8.